The van der Waals surface area contributed by atoms with Crippen LogP contribution in [0.2, 0.25) is 0 Å². The van der Waals surface area contributed by atoms with Crippen LogP contribution in [0.4, 0.5) is 0 Å². The topological polar surface area (TPSA) is 114 Å². The Morgan fingerprint density at radius 3 is 3.05 bits per heavy atom. The Morgan fingerprint density at radius 2 is 2.43 bits per heavy atom. The summed E-state index contributed by atoms with van der Waals surface area (Å²) in [7, 11) is 0. The van der Waals surface area contributed by atoms with Gasteiger partial charge in [0.1, 0.15) is 29.3 Å². The summed E-state index contributed by atoms with van der Waals surface area (Å²) in [6.07, 6.45) is 1.57. The van der Waals surface area contributed by atoms with E-state index in [1.165, 1.54) is 28.6 Å². The first kappa shape index (κ1) is 14.4. The third kappa shape index (κ3) is 2.32. The molecule has 21 heavy (non-hydrogen) atoms. The van der Waals surface area contributed by atoms with Crippen LogP contribution < -0.4 is 5.73 Å². The number of aromatic nitrogens is 3. The normalized spacial score (nSPS) is 24.9. The summed E-state index contributed by atoms with van der Waals surface area (Å²) in [4.78, 5) is 24.6. The fourth-order valence-electron chi connectivity index (χ4n) is 2.25. The van der Waals surface area contributed by atoms with Crippen molar-refractivity contribution in [1.82, 2.24) is 19.1 Å². The van der Waals surface area contributed by atoms with Crippen molar-refractivity contribution in [2.24, 2.45) is 5.73 Å². The highest BCUT2D eigenvalue weighted by Crippen LogP contribution is 2.40. The zero-order valence-corrected chi connectivity index (χ0v) is 12.7. The first-order valence-electron chi connectivity index (χ1n) is 6.16. The second kappa shape index (κ2) is 5.35. The minimum Gasteiger partial charge on any atom is -0.477 e. The van der Waals surface area contributed by atoms with E-state index in [9.17, 15) is 14.7 Å². The van der Waals surface area contributed by atoms with Crippen molar-refractivity contribution >= 4 is 35.6 Å². The number of carbonyl (C=O) groups excluding carboxylic acids is 1. The van der Waals surface area contributed by atoms with Crippen LogP contribution in [0.15, 0.2) is 17.6 Å². The molecule has 0 aliphatic carbocycles. The Bertz CT molecular complexity index is 644. The molecular formula is C11H13N5O3S2. The molecule has 8 nitrogen and oxygen atoms in total. The number of aliphatic carboxylic acids is 1. The Labute approximate surface area is 128 Å². The van der Waals surface area contributed by atoms with E-state index in [1.54, 1.807) is 10.3 Å². The van der Waals surface area contributed by atoms with Crippen molar-refractivity contribution < 1.29 is 14.7 Å². The number of aryl methyl sites for hydroxylation is 1. The molecule has 0 spiro atoms. The molecule has 1 amide bonds. The lowest BCUT2D eigenvalue weighted by molar-refractivity contribution is -0.147. The molecule has 112 valence electrons. The van der Waals surface area contributed by atoms with Crippen LogP contribution in [0.25, 0.3) is 0 Å². The number of rotatable bonds is 4. The first-order chi connectivity index (χ1) is 10.0. The molecule has 3 heterocycles. The molecule has 1 unspecified atom stereocenters. The maximum absolute atomic E-state index is 11.8. The van der Waals surface area contributed by atoms with Crippen LogP contribution in [-0.4, -0.2) is 59.0 Å². The van der Waals surface area contributed by atoms with E-state index in [1.807, 2.05) is 6.92 Å². The van der Waals surface area contributed by atoms with Gasteiger partial charge in [0.2, 0.25) is 5.91 Å². The number of amides is 1. The zero-order chi connectivity index (χ0) is 15.1. The number of fused-ring (bicyclic) bond motifs is 1. The average Bonchev–Trinajstić information content (AvgIpc) is 2.88. The molecule has 0 bridgehead atoms. The molecule has 2 atom stereocenters. The van der Waals surface area contributed by atoms with Gasteiger partial charge in [0.15, 0.2) is 0 Å². The second-order valence-electron chi connectivity index (χ2n) is 4.67. The fourth-order valence-corrected chi connectivity index (χ4v) is 4.54. The Balaban J connectivity index is 1.83. The van der Waals surface area contributed by atoms with E-state index >= 15 is 0 Å². The van der Waals surface area contributed by atoms with Crippen molar-refractivity contribution in [3.8, 4) is 0 Å². The molecule has 10 heteroatoms. The van der Waals surface area contributed by atoms with Crippen LogP contribution in [0.3, 0.4) is 0 Å². The number of nitrogens with two attached hydrogens (primary N) is 1. The van der Waals surface area contributed by atoms with Crippen LogP contribution in [0.1, 0.15) is 5.82 Å². The summed E-state index contributed by atoms with van der Waals surface area (Å²) in [5.41, 5.74) is 6.49. The molecule has 3 N–H and O–H groups in total. The fraction of sp³-hybridized carbons (Fsp3) is 0.455. The predicted octanol–water partition coefficient (Wildman–Crippen LogP) is -0.336. The number of carboxylic acids is 1. The van der Waals surface area contributed by atoms with Gasteiger partial charge in [-0.25, -0.2) is 4.79 Å². The molecule has 1 saturated heterocycles. The summed E-state index contributed by atoms with van der Waals surface area (Å²) in [6, 6.07) is -0.598. The summed E-state index contributed by atoms with van der Waals surface area (Å²) in [6.45, 7) is 1.82. The van der Waals surface area contributed by atoms with Gasteiger partial charge in [0.05, 0.1) is 0 Å². The lowest BCUT2D eigenvalue weighted by Crippen LogP contribution is -2.68. The zero-order valence-electron chi connectivity index (χ0n) is 11.1. The van der Waals surface area contributed by atoms with Crippen LogP contribution in [-0.2, 0) is 9.59 Å². The standard InChI is InChI=1S/C11H13N5O3S2/c1-5-14-13-4-15(5)21-3-6-2-20-10-7(12)9(17)16(10)8(6)11(18)19/h4,7,10H,2-3,12H2,1H3,(H,18,19)/t7?,10-/m0/s1. The van der Waals surface area contributed by atoms with Crippen molar-refractivity contribution in [3.63, 3.8) is 0 Å². The van der Waals surface area contributed by atoms with Crippen molar-refractivity contribution in [2.45, 2.75) is 18.3 Å². The summed E-state index contributed by atoms with van der Waals surface area (Å²) < 4.78 is 1.77. The van der Waals surface area contributed by atoms with E-state index < -0.39 is 12.0 Å². The monoisotopic (exact) mass is 327 g/mol. The Morgan fingerprint density at radius 1 is 1.67 bits per heavy atom. The highest BCUT2D eigenvalue weighted by molar-refractivity contribution is 8.00. The number of β-lactam (4-membered cyclic amide) rings is 1. The van der Waals surface area contributed by atoms with Gasteiger partial charge < -0.3 is 10.8 Å². The molecule has 0 radical (unpaired) electrons. The van der Waals surface area contributed by atoms with Crippen molar-refractivity contribution in [3.05, 3.63) is 23.4 Å². The third-order valence-corrected chi connectivity index (χ3v) is 5.82. The van der Waals surface area contributed by atoms with Gasteiger partial charge in [0.25, 0.3) is 0 Å². The SMILES string of the molecule is Cc1nncn1SCC1=C(C(=O)O)N2C(=O)C(N)[C@@H]2SC1. The molecule has 0 aromatic carbocycles. The van der Waals surface area contributed by atoms with Gasteiger partial charge in [-0.3, -0.25) is 13.7 Å². The number of thioether (sulfide) groups is 1. The molecule has 0 saturated carbocycles. The number of hydrogen-bond donors (Lipinski definition) is 2. The quantitative estimate of drug-likeness (QED) is 0.722. The molecule has 2 aliphatic heterocycles. The second-order valence-corrected chi connectivity index (χ2v) is 6.72. The molecule has 3 rings (SSSR count). The minimum atomic E-state index is -1.09. The number of carboxylic acid groups (broad SMARTS) is 1. The van der Waals surface area contributed by atoms with E-state index in [4.69, 9.17) is 5.73 Å². The van der Waals surface area contributed by atoms with Gasteiger partial charge >= 0.3 is 5.97 Å². The molecule has 1 aromatic heterocycles. The van der Waals surface area contributed by atoms with Gasteiger partial charge in [-0.05, 0) is 24.4 Å². The highest BCUT2D eigenvalue weighted by Gasteiger charge is 2.51. The Kier molecular flexibility index (Phi) is 3.68. The molecule has 1 fully saturated rings. The summed E-state index contributed by atoms with van der Waals surface area (Å²) >= 11 is 2.90. The predicted molar refractivity (Wildman–Crippen MR) is 78.3 cm³/mol. The van der Waals surface area contributed by atoms with Gasteiger partial charge in [-0.2, -0.15) is 0 Å². The third-order valence-electron chi connectivity index (χ3n) is 3.35. The summed E-state index contributed by atoms with van der Waals surface area (Å²) in [5, 5.41) is 16.8. The maximum atomic E-state index is 11.8. The largest absolute Gasteiger partial charge is 0.477 e. The first-order valence-corrected chi connectivity index (χ1v) is 8.15. The smallest absolute Gasteiger partial charge is 0.352 e. The van der Waals surface area contributed by atoms with Gasteiger partial charge in [0, 0.05) is 11.5 Å². The van der Waals surface area contributed by atoms with Crippen LogP contribution in [0, 0.1) is 6.92 Å². The number of carbonyl (C=O) groups is 2. The summed E-state index contributed by atoms with van der Waals surface area (Å²) in [5.74, 6) is 0.335. The number of nitrogens with zero attached hydrogens (tertiary/aromatic N) is 4. The van der Waals surface area contributed by atoms with Gasteiger partial charge in [-0.15, -0.1) is 22.0 Å². The minimum absolute atomic E-state index is 0.0728. The Hall–Kier alpha value is -1.52. The van der Waals surface area contributed by atoms with Crippen LogP contribution in [0.5, 0.6) is 0 Å². The molecular weight excluding hydrogens is 314 g/mol. The van der Waals surface area contributed by atoms with E-state index in [0.29, 0.717) is 17.1 Å². The molecule has 2 aliphatic rings. The van der Waals surface area contributed by atoms with Crippen molar-refractivity contribution in [2.75, 3.05) is 11.5 Å². The lowest BCUT2D eigenvalue weighted by atomic mass is 10.0. The maximum Gasteiger partial charge on any atom is 0.352 e. The number of hydrogen-bond acceptors (Lipinski definition) is 7. The van der Waals surface area contributed by atoms with Gasteiger partial charge in [-0.1, -0.05) is 0 Å². The molecule has 1 aromatic rings. The lowest BCUT2D eigenvalue weighted by Gasteiger charge is -2.48. The van der Waals surface area contributed by atoms with E-state index in [-0.39, 0.29) is 17.0 Å². The van der Waals surface area contributed by atoms with E-state index in [0.717, 1.165) is 5.82 Å². The average molecular weight is 327 g/mol. The van der Waals surface area contributed by atoms with Crippen molar-refractivity contribution in [1.29, 1.82) is 0 Å². The van der Waals surface area contributed by atoms with E-state index in [2.05, 4.69) is 10.2 Å². The van der Waals surface area contributed by atoms with Crippen LogP contribution >= 0.6 is 23.7 Å². The highest BCUT2D eigenvalue weighted by atomic mass is 32.2.